The van der Waals surface area contributed by atoms with Crippen LogP contribution in [0.5, 0.6) is 0 Å². The molecule has 0 aliphatic rings. The molecule has 2 aromatic carbocycles. The average Bonchev–Trinajstić information content (AvgIpc) is 2.61. The first-order valence-corrected chi connectivity index (χ1v) is 9.71. The maximum absolute atomic E-state index is 14.1. The maximum atomic E-state index is 14.1. The Morgan fingerprint density at radius 1 is 1.11 bits per heavy atom. The third-order valence-electron chi connectivity index (χ3n) is 4.23. The summed E-state index contributed by atoms with van der Waals surface area (Å²) >= 11 is 12.1. The number of hydrogen-bond donors (Lipinski definition) is 1. The van der Waals surface area contributed by atoms with Crippen LogP contribution in [0.3, 0.4) is 0 Å². The summed E-state index contributed by atoms with van der Waals surface area (Å²) in [5.41, 5.74) is 0.881. The fraction of sp³-hybridized carbons (Fsp3) is 0.333. The van der Waals surface area contributed by atoms with Gasteiger partial charge in [-0.15, -0.1) is 0 Å². The fourth-order valence-electron chi connectivity index (χ4n) is 2.77. The van der Waals surface area contributed by atoms with Crippen molar-refractivity contribution in [1.29, 1.82) is 0 Å². The summed E-state index contributed by atoms with van der Waals surface area (Å²) in [6.45, 7) is 5.49. The monoisotopic (exact) mass is 424 g/mol. The molecule has 28 heavy (non-hydrogen) atoms. The minimum absolute atomic E-state index is 0.0703. The highest BCUT2D eigenvalue weighted by molar-refractivity contribution is 6.31. The fourth-order valence-corrected chi connectivity index (χ4v) is 3.22. The van der Waals surface area contributed by atoms with Crippen molar-refractivity contribution in [2.75, 3.05) is 0 Å². The average molecular weight is 425 g/mol. The van der Waals surface area contributed by atoms with Gasteiger partial charge in [-0.1, -0.05) is 41.4 Å². The van der Waals surface area contributed by atoms with Crippen LogP contribution in [0, 0.1) is 5.82 Å². The Bertz CT molecular complexity index is 838. The molecule has 2 rings (SSSR count). The first kappa shape index (κ1) is 22.2. The third kappa shape index (κ3) is 5.94. The molecule has 0 bridgehead atoms. The summed E-state index contributed by atoms with van der Waals surface area (Å²) in [7, 11) is 0. The Morgan fingerprint density at radius 2 is 1.79 bits per heavy atom. The van der Waals surface area contributed by atoms with E-state index in [2.05, 4.69) is 5.32 Å². The van der Waals surface area contributed by atoms with Crippen LogP contribution in [0.2, 0.25) is 10.0 Å². The molecule has 0 aliphatic heterocycles. The second kappa shape index (κ2) is 9.89. The van der Waals surface area contributed by atoms with Crippen molar-refractivity contribution in [3.63, 3.8) is 0 Å². The van der Waals surface area contributed by atoms with Crippen LogP contribution in [-0.2, 0) is 22.6 Å². The van der Waals surface area contributed by atoms with E-state index in [0.717, 1.165) is 5.56 Å². The van der Waals surface area contributed by atoms with Crippen molar-refractivity contribution in [3.05, 3.63) is 69.5 Å². The number of rotatable bonds is 7. The topological polar surface area (TPSA) is 49.4 Å². The Kier molecular flexibility index (Phi) is 7.84. The smallest absolute Gasteiger partial charge is 0.242 e. The standard InChI is InChI=1S/C21H23Cl2FN2O2/c1-13(2)25-21(28)14(3)26(12-15-6-4-7-16(22)10-15)20(27)11-17-18(23)8-5-9-19(17)24/h4-10,13-14H,11-12H2,1-3H3,(H,25,28). The lowest BCUT2D eigenvalue weighted by Gasteiger charge is -2.29. The maximum Gasteiger partial charge on any atom is 0.242 e. The van der Waals surface area contributed by atoms with E-state index in [9.17, 15) is 14.0 Å². The zero-order chi connectivity index (χ0) is 20.8. The second-order valence-electron chi connectivity index (χ2n) is 6.87. The highest BCUT2D eigenvalue weighted by atomic mass is 35.5. The van der Waals surface area contributed by atoms with E-state index in [-0.39, 0.29) is 35.5 Å². The van der Waals surface area contributed by atoms with Gasteiger partial charge in [0.15, 0.2) is 0 Å². The summed E-state index contributed by atoms with van der Waals surface area (Å²) in [6, 6.07) is 10.5. The molecule has 0 heterocycles. The molecular formula is C21H23Cl2FN2O2. The number of nitrogens with zero attached hydrogens (tertiary/aromatic N) is 1. The molecule has 1 N–H and O–H groups in total. The lowest BCUT2D eigenvalue weighted by Crippen LogP contribution is -2.49. The number of carbonyl (C=O) groups excluding carboxylic acids is 2. The van der Waals surface area contributed by atoms with Crippen molar-refractivity contribution in [3.8, 4) is 0 Å². The van der Waals surface area contributed by atoms with E-state index >= 15 is 0 Å². The molecular weight excluding hydrogens is 402 g/mol. The highest BCUT2D eigenvalue weighted by Crippen LogP contribution is 2.22. The van der Waals surface area contributed by atoms with Crippen LogP contribution < -0.4 is 5.32 Å². The SMILES string of the molecule is CC(C)NC(=O)C(C)N(Cc1cccc(Cl)c1)C(=O)Cc1c(F)cccc1Cl. The minimum Gasteiger partial charge on any atom is -0.352 e. The van der Waals surface area contributed by atoms with Gasteiger partial charge < -0.3 is 10.2 Å². The molecule has 1 atom stereocenters. The number of halogens is 3. The van der Waals surface area contributed by atoms with E-state index in [1.807, 2.05) is 19.9 Å². The Labute approximate surface area is 174 Å². The normalized spacial score (nSPS) is 12.0. The zero-order valence-corrected chi connectivity index (χ0v) is 17.5. The number of hydrogen-bond acceptors (Lipinski definition) is 2. The number of benzene rings is 2. The summed E-state index contributed by atoms with van der Waals surface area (Å²) in [5.74, 6) is -1.24. The van der Waals surface area contributed by atoms with Gasteiger partial charge in [0, 0.05) is 28.2 Å². The van der Waals surface area contributed by atoms with Gasteiger partial charge in [0.1, 0.15) is 11.9 Å². The van der Waals surface area contributed by atoms with Crippen LogP contribution in [-0.4, -0.2) is 28.8 Å². The predicted molar refractivity (Wildman–Crippen MR) is 110 cm³/mol. The summed E-state index contributed by atoms with van der Waals surface area (Å²) < 4.78 is 14.1. The van der Waals surface area contributed by atoms with E-state index < -0.39 is 17.8 Å². The van der Waals surface area contributed by atoms with Crippen molar-refractivity contribution in [1.82, 2.24) is 10.2 Å². The summed E-state index contributed by atoms with van der Waals surface area (Å²) in [4.78, 5) is 26.9. The summed E-state index contributed by atoms with van der Waals surface area (Å²) in [5, 5.41) is 3.51. The van der Waals surface area contributed by atoms with Gasteiger partial charge in [0.2, 0.25) is 11.8 Å². The molecule has 2 amide bonds. The van der Waals surface area contributed by atoms with Crippen LogP contribution in [0.25, 0.3) is 0 Å². The van der Waals surface area contributed by atoms with Gasteiger partial charge in [-0.25, -0.2) is 4.39 Å². The number of amides is 2. The zero-order valence-electron chi connectivity index (χ0n) is 16.0. The summed E-state index contributed by atoms with van der Waals surface area (Å²) in [6.07, 6.45) is -0.245. The predicted octanol–water partition coefficient (Wildman–Crippen LogP) is 4.62. The van der Waals surface area contributed by atoms with Crippen molar-refractivity contribution < 1.29 is 14.0 Å². The lowest BCUT2D eigenvalue weighted by atomic mass is 10.1. The van der Waals surface area contributed by atoms with Crippen LogP contribution in [0.15, 0.2) is 42.5 Å². The molecule has 1 unspecified atom stereocenters. The third-order valence-corrected chi connectivity index (χ3v) is 4.82. The molecule has 0 spiro atoms. The number of carbonyl (C=O) groups is 2. The molecule has 0 saturated heterocycles. The van der Waals surface area contributed by atoms with Gasteiger partial charge in [0.25, 0.3) is 0 Å². The molecule has 0 fully saturated rings. The van der Waals surface area contributed by atoms with Gasteiger partial charge in [-0.05, 0) is 50.6 Å². The van der Waals surface area contributed by atoms with Crippen molar-refractivity contribution in [2.24, 2.45) is 0 Å². The van der Waals surface area contributed by atoms with E-state index in [1.165, 1.54) is 23.1 Å². The van der Waals surface area contributed by atoms with E-state index in [0.29, 0.717) is 5.02 Å². The Hall–Kier alpha value is -2.11. The van der Waals surface area contributed by atoms with E-state index in [4.69, 9.17) is 23.2 Å². The van der Waals surface area contributed by atoms with Gasteiger partial charge >= 0.3 is 0 Å². The van der Waals surface area contributed by atoms with E-state index in [1.54, 1.807) is 25.1 Å². The first-order chi connectivity index (χ1) is 13.2. The Morgan fingerprint density at radius 3 is 2.39 bits per heavy atom. The highest BCUT2D eigenvalue weighted by Gasteiger charge is 2.27. The number of nitrogens with one attached hydrogen (secondary N) is 1. The van der Waals surface area contributed by atoms with Crippen LogP contribution in [0.1, 0.15) is 31.9 Å². The molecule has 7 heteroatoms. The molecule has 0 aromatic heterocycles. The second-order valence-corrected chi connectivity index (χ2v) is 7.71. The largest absolute Gasteiger partial charge is 0.352 e. The van der Waals surface area contributed by atoms with Crippen molar-refractivity contribution >= 4 is 35.0 Å². The van der Waals surface area contributed by atoms with Gasteiger partial charge in [-0.3, -0.25) is 9.59 Å². The van der Waals surface area contributed by atoms with Gasteiger partial charge in [0.05, 0.1) is 6.42 Å². The quantitative estimate of drug-likeness (QED) is 0.704. The lowest BCUT2D eigenvalue weighted by molar-refractivity contribution is -0.140. The van der Waals surface area contributed by atoms with Crippen LogP contribution in [0.4, 0.5) is 4.39 Å². The first-order valence-electron chi connectivity index (χ1n) is 8.96. The van der Waals surface area contributed by atoms with Crippen LogP contribution >= 0.6 is 23.2 Å². The molecule has 0 aliphatic carbocycles. The minimum atomic E-state index is -0.751. The molecule has 4 nitrogen and oxygen atoms in total. The molecule has 0 radical (unpaired) electrons. The van der Waals surface area contributed by atoms with Gasteiger partial charge in [-0.2, -0.15) is 0 Å². The molecule has 2 aromatic rings. The molecule has 0 saturated carbocycles. The molecule has 150 valence electrons. The van der Waals surface area contributed by atoms with Crippen molar-refractivity contribution in [2.45, 2.75) is 45.8 Å². The Balaban J connectivity index is 2.30.